The largest absolute Gasteiger partial charge is 0.467 e. The van der Waals surface area contributed by atoms with Crippen LogP contribution >= 0.6 is 7.60 Å². The number of esters is 1. The van der Waals surface area contributed by atoms with Crippen LogP contribution in [0.3, 0.4) is 0 Å². The second-order valence-electron chi connectivity index (χ2n) is 5.69. The topological polar surface area (TPSA) is 90.9 Å². The van der Waals surface area contributed by atoms with Gasteiger partial charge in [0.1, 0.15) is 6.04 Å². The lowest BCUT2D eigenvalue weighted by Gasteiger charge is -2.22. The molecule has 1 rings (SSSR count). The fourth-order valence-corrected chi connectivity index (χ4v) is 3.27. The van der Waals surface area contributed by atoms with Crippen LogP contribution in [0.25, 0.3) is 0 Å². The summed E-state index contributed by atoms with van der Waals surface area (Å²) >= 11 is 0. The number of nitrogens with one attached hydrogen (secondary N) is 1. The first-order valence-electron chi connectivity index (χ1n) is 7.98. The second-order valence-corrected chi connectivity index (χ2v) is 7.96. The van der Waals surface area contributed by atoms with Gasteiger partial charge in [-0.15, -0.1) is 0 Å². The van der Waals surface area contributed by atoms with E-state index in [1.807, 2.05) is 13.8 Å². The molecule has 0 spiro atoms. The fraction of sp³-hybridized carbons (Fsp3) is 0.529. The summed E-state index contributed by atoms with van der Waals surface area (Å²) in [4.78, 5) is 24.2. The molecular formula is C17H26NO6P. The van der Waals surface area contributed by atoms with Crippen LogP contribution in [0.1, 0.15) is 36.2 Å². The van der Waals surface area contributed by atoms with E-state index in [9.17, 15) is 14.2 Å². The third-order valence-electron chi connectivity index (χ3n) is 4.10. The normalized spacial score (nSPS) is 13.8. The molecule has 140 valence electrons. The van der Waals surface area contributed by atoms with Crippen molar-refractivity contribution in [1.82, 2.24) is 5.32 Å². The number of methoxy groups -OCH3 is 1. The molecule has 0 aliphatic rings. The molecule has 1 N–H and O–H groups in total. The molecule has 7 nitrogen and oxygen atoms in total. The summed E-state index contributed by atoms with van der Waals surface area (Å²) in [6.45, 7) is 3.81. The van der Waals surface area contributed by atoms with Crippen molar-refractivity contribution < 1.29 is 27.9 Å². The molecule has 0 aliphatic heterocycles. The molecular weight excluding hydrogens is 345 g/mol. The summed E-state index contributed by atoms with van der Waals surface area (Å²) < 4.78 is 26.7. The monoisotopic (exact) mass is 371 g/mol. The number of carbonyl (C=O) groups excluding carboxylic acids is 2. The van der Waals surface area contributed by atoms with Crippen molar-refractivity contribution in [3.8, 4) is 0 Å². The molecule has 25 heavy (non-hydrogen) atoms. The van der Waals surface area contributed by atoms with Crippen molar-refractivity contribution in [3.63, 3.8) is 0 Å². The molecule has 8 heteroatoms. The Morgan fingerprint density at radius 3 is 2.12 bits per heavy atom. The zero-order valence-electron chi connectivity index (χ0n) is 15.3. The third-order valence-corrected chi connectivity index (χ3v) is 5.97. The zero-order chi connectivity index (χ0) is 19.0. The van der Waals surface area contributed by atoms with Crippen molar-refractivity contribution in [3.05, 3.63) is 35.4 Å². The van der Waals surface area contributed by atoms with Crippen LogP contribution < -0.4 is 5.32 Å². The summed E-state index contributed by atoms with van der Waals surface area (Å²) in [5.74, 6) is -0.894. The van der Waals surface area contributed by atoms with Crippen LogP contribution in [0.2, 0.25) is 0 Å². The van der Waals surface area contributed by atoms with Gasteiger partial charge < -0.3 is 19.1 Å². The van der Waals surface area contributed by atoms with E-state index in [1.54, 1.807) is 24.3 Å². The van der Waals surface area contributed by atoms with Gasteiger partial charge in [0.15, 0.2) is 0 Å². The highest BCUT2D eigenvalue weighted by Gasteiger charge is 2.27. The Bertz CT molecular complexity index is 623. The molecule has 1 aromatic carbocycles. The maximum atomic E-state index is 12.4. The average Bonchev–Trinajstić information content (AvgIpc) is 2.65. The lowest BCUT2D eigenvalue weighted by atomic mass is 9.98. The maximum absolute atomic E-state index is 12.4. The molecule has 1 aromatic rings. The molecule has 0 aromatic heterocycles. The molecule has 2 atom stereocenters. The molecule has 0 unspecified atom stereocenters. The summed E-state index contributed by atoms with van der Waals surface area (Å²) in [6.07, 6.45) is 0.835. The number of hydrogen-bond donors (Lipinski definition) is 1. The van der Waals surface area contributed by atoms with Crippen LogP contribution in [-0.2, 0) is 29.3 Å². The summed E-state index contributed by atoms with van der Waals surface area (Å²) in [7, 11) is 0.788. The number of amides is 1. The molecule has 0 bridgehead atoms. The van der Waals surface area contributed by atoms with Gasteiger partial charge in [-0.1, -0.05) is 32.4 Å². The minimum Gasteiger partial charge on any atom is -0.467 e. The van der Waals surface area contributed by atoms with Gasteiger partial charge in [0.05, 0.1) is 13.3 Å². The van der Waals surface area contributed by atoms with Crippen molar-refractivity contribution in [2.24, 2.45) is 5.92 Å². The van der Waals surface area contributed by atoms with E-state index >= 15 is 0 Å². The highest BCUT2D eigenvalue weighted by Crippen LogP contribution is 2.49. The van der Waals surface area contributed by atoms with Crippen molar-refractivity contribution >= 4 is 19.5 Å². The van der Waals surface area contributed by atoms with Crippen LogP contribution in [0, 0.1) is 5.92 Å². The lowest BCUT2D eigenvalue weighted by Crippen LogP contribution is -2.45. The van der Waals surface area contributed by atoms with Gasteiger partial charge >= 0.3 is 13.6 Å². The number of hydrogen-bond acceptors (Lipinski definition) is 6. The first-order valence-corrected chi connectivity index (χ1v) is 9.71. The Kier molecular flexibility index (Phi) is 8.29. The Labute approximate surface area is 148 Å². The Balaban J connectivity index is 2.85. The van der Waals surface area contributed by atoms with E-state index in [1.165, 1.54) is 21.3 Å². The smallest absolute Gasteiger partial charge is 0.334 e. The summed E-state index contributed by atoms with van der Waals surface area (Å²) in [5, 5.41) is 2.71. The minimum absolute atomic E-state index is 0.0510. The van der Waals surface area contributed by atoms with Gasteiger partial charge in [-0.25, -0.2) is 4.79 Å². The Hall–Kier alpha value is -1.69. The van der Waals surface area contributed by atoms with E-state index < -0.39 is 19.6 Å². The molecule has 0 saturated carbocycles. The first kappa shape index (κ1) is 21.4. The van der Waals surface area contributed by atoms with E-state index in [-0.39, 0.29) is 18.0 Å². The van der Waals surface area contributed by atoms with Crippen LogP contribution in [0.5, 0.6) is 0 Å². The summed E-state index contributed by atoms with van der Waals surface area (Å²) in [6, 6.07) is 5.85. The number of benzene rings is 1. The molecule has 0 radical (unpaired) electrons. The van der Waals surface area contributed by atoms with Crippen molar-refractivity contribution in [2.75, 3.05) is 21.3 Å². The van der Waals surface area contributed by atoms with Gasteiger partial charge in [0, 0.05) is 19.8 Å². The molecule has 0 fully saturated rings. The van der Waals surface area contributed by atoms with Gasteiger partial charge in [-0.3, -0.25) is 9.36 Å². The summed E-state index contributed by atoms with van der Waals surface area (Å²) in [5.41, 5.74) is 1.11. The predicted octanol–water partition coefficient (Wildman–Crippen LogP) is 2.99. The zero-order valence-corrected chi connectivity index (χ0v) is 16.2. The van der Waals surface area contributed by atoms with E-state index in [4.69, 9.17) is 13.8 Å². The van der Waals surface area contributed by atoms with Crippen molar-refractivity contribution in [2.45, 2.75) is 32.5 Å². The van der Waals surface area contributed by atoms with Gasteiger partial charge in [0.25, 0.3) is 5.91 Å². The average molecular weight is 371 g/mol. The first-order chi connectivity index (χ1) is 11.8. The SMILES string of the molecule is CC[C@H](C)[C@H](NC(=O)c1ccc(CP(=O)(OC)OC)cc1)C(=O)OC. The Morgan fingerprint density at radius 2 is 1.68 bits per heavy atom. The number of rotatable bonds is 9. The minimum atomic E-state index is -3.16. The van der Waals surface area contributed by atoms with Crippen LogP contribution in [-0.4, -0.2) is 39.2 Å². The highest BCUT2D eigenvalue weighted by molar-refractivity contribution is 7.52. The van der Waals surface area contributed by atoms with Gasteiger partial charge in [-0.2, -0.15) is 0 Å². The van der Waals surface area contributed by atoms with E-state index in [0.29, 0.717) is 5.56 Å². The van der Waals surface area contributed by atoms with Crippen LogP contribution in [0.4, 0.5) is 0 Å². The quantitative estimate of drug-likeness (QED) is 0.530. The highest BCUT2D eigenvalue weighted by atomic mass is 31.2. The Morgan fingerprint density at radius 1 is 1.12 bits per heavy atom. The number of carbonyl (C=O) groups is 2. The predicted molar refractivity (Wildman–Crippen MR) is 94.5 cm³/mol. The molecule has 0 heterocycles. The van der Waals surface area contributed by atoms with Gasteiger partial charge in [-0.05, 0) is 23.6 Å². The molecule has 0 aliphatic carbocycles. The van der Waals surface area contributed by atoms with E-state index in [0.717, 1.165) is 12.0 Å². The van der Waals surface area contributed by atoms with Crippen molar-refractivity contribution in [1.29, 1.82) is 0 Å². The third kappa shape index (κ3) is 5.96. The molecule has 0 saturated heterocycles. The number of ether oxygens (including phenoxy) is 1. The fourth-order valence-electron chi connectivity index (χ4n) is 2.21. The standard InChI is InChI=1S/C17H26NO6P/c1-6-12(2)15(17(20)22-3)18-16(19)14-9-7-13(8-10-14)11-25(21,23-4)24-5/h7-10,12,15H,6,11H2,1-5H3,(H,18,19)/t12-,15-/m0/s1. The maximum Gasteiger partial charge on any atom is 0.334 e. The van der Waals surface area contributed by atoms with E-state index in [2.05, 4.69) is 5.32 Å². The molecule has 1 amide bonds. The second kappa shape index (κ2) is 9.70. The van der Waals surface area contributed by atoms with Gasteiger partial charge in [0.2, 0.25) is 0 Å². The van der Waals surface area contributed by atoms with Crippen LogP contribution in [0.15, 0.2) is 24.3 Å². The lowest BCUT2D eigenvalue weighted by molar-refractivity contribution is -0.144.